The van der Waals surface area contributed by atoms with E-state index in [0.717, 1.165) is 11.1 Å². The molecule has 9 heteroatoms. The molecule has 1 aliphatic heterocycles. The van der Waals surface area contributed by atoms with Crippen molar-refractivity contribution in [3.63, 3.8) is 0 Å². The summed E-state index contributed by atoms with van der Waals surface area (Å²) in [5, 5.41) is 13.7. The average Bonchev–Trinajstić information content (AvgIpc) is 3.18. The Morgan fingerprint density at radius 2 is 1.82 bits per heavy atom. The molecule has 0 aromatic heterocycles. The minimum Gasteiger partial charge on any atom is -0.487 e. The van der Waals surface area contributed by atoms with Gasteiger partial charge in [0.1, 0.15) is 17.6 Å². The molecule has 2 amide bonds. The highest BCUT2D eigenvalue weighted by atomic mass is 35.5. The molecule has 1 saturated heterocycles. The minimum absolute atomic E-state index is 0.0359. The maximum absolute atomic E-state index is 12.2. The third kappa shape index (κ3) is 6.69. The quantitative estimate of drug-likeness (QED) is 0.346. The van der Waals surface area contributed by atoms with Crippen LogP contribution in [0.3, 0.4) is 0 Å². The normalized spacial score (nSPS) is 16.6. The predicted octanol–water partition coefficient (Wildman–Crippen LogP) is 4.87. The molecule has 0 saturated carbocycles. The fraction of sp³-hybridized carbons (Fsp3) is 0.120. The molecule has 3 aromatic rings. The maximum atomic E-state index is 12.2. The highest BCUT2D eigenvalue weighted by molar-refractivity contribution is 8.15. The first-order valence-corrected chi connectivity index (χ1v) is 11.7. The lowest BCUT2D eigenvalue weighted by molar-refractivity contribution is -0.122. The van der Waals surface area contributed by atoms with Gasteiger partial charge in [0.05, 0.1) is 11.2 Å². The van der Waals surface area contributed by atoms with Gasteiger partial charge in [0.2, 0.25) is 11.8 Å². The number of carbonyl (C=O) groups excluding carboxylic acids is 2. The summed E-state index contributed by atoms with van der Waals surface area (Å²) in [4.78, 5) is 24.4. The molecule has 1 aliphatic rings. The van der Waals surface area contributed by atoms with Crippen LogP contribution in [0.4, 0.5) is 5.69 Å². The second-order valence-corrected chi connectivity index (χ2v) is 8.93. The molecule has 3 aromatic carbocycles. The summed E-state index contributed by atoms with van der Waals surface area (Å²) >= 11 is 7.50. The molecule has 34 heavy (non-hydrogen) atoms. The number of hydrogen-bond donors (Lipinski definition) is 2. The van der Waals surface area contributed by atoms with Gasteiger partial charge in [-0.2, -0.15) is 5.10 Å². The Kier molecular flexibility index (Phi) is 7.95. The van der Waals surface area contributed by atoms with Gasteiger partial charge in [-0.15, -0.1) is 5.10 Å². The lowest BCUT2D eigenvalue weighted by atomic mass is 10.2. The zero-order valence-corrected chi connectivity index (χ0v) is 19.6. The SMILES string of the molecule is O=C(C[C@H]1S/C(=N\N=C/c2ccc(OCc3ccccc3)c(Cl)c2)NC1=O)Nc1ccccc1. The van der Waals surface area contributed by atoms with Crippen LogP contribution in [0.2, 0.25) is 5.02 Å². The number of rotatable bonds is 8. The van der Waals surface area contributed by atoms with E-state index < -0.39 is 5.25 Å². The summed E-state index contributed by atoms with van der Waals surface area (Å²) in [6.07, 6.45) is 1.57. The van der Waals surface area contributed by atoms with E-state index in [2.05, 4.69) is 20.8 Å². The van der Waals surface area contributed by atoms with Crippen molar-refractivity contribution in [2.45, 2.75) is 18.3 Å². The molecule has 172 valence electrons. The monoisotopic (exact) mass is 492 g/mol. The van der Waals surface area contributed by atoms with Crippen LogP contribution in [0.1, 0.15) is 17.5 Å². The number of para-hydroxylation sites is 1. The topological polar surface area (TPSA) is 92.2 Å². The lowest BCUT2D eigenvalue weighted by Gasteiger charge is -2.08. The van der Waals surface area contributed by atoms with E-state index in [4.69, 9.17) is 16.3 Å². The van der Waals surface area contributed by atoms with E-state index in [1.54, 1.807) is 24.3 Å². The molecule has 1 heterocycles. The highest BCUT2D eigenvalue weighted by Gasteiger charge is 2.32. The van der Waals surface area contributed by atoms with Crippen molar-refractivity contribution in [2.24, 2.45) is 10.2 Å². The zero-order valence-electron chi connectivity index (χ0n) is 18.0. The molecular weight excluding hydrogens is 472 g/mol. The number of anilines is 1. The van der Waals surface area contributed by atoms with Gasteiger partial charge in [0.25, 0.3) is 0 Å². The van der Waals surface area contributed by atoms with E-state index in [9.17, 15) is 9.59 Å². The molecule has 0 bridgehead atoms. The van der Waals surface area contributed by atoms with Crippen LogP contribution in [-0.2, 0) is 16.2 Å². The van der Waals surface area contributed by atoms with Gasteiger partial charge in [0.15, 0.2) is 5.17 Å². The summed E-state index contributed by atoms with van der Waals surface area (Å²) < 4.78 is 5.77. The van der Waals surface area contributed by atoms with Crippen LogP contribution < -0.4 is 15.4 Å². The number of amides is 2. The smallest absolute Gasteiger partial charge is 0.240 e. The van der Waals surface area contributed by atoms with Gasteiger partial charge in [-0.05, 0) is 41.5 Å². The van der Waals surface area contributed by atoms with E-state index in [0.29, 0.717) is 28.2 Å². The largest absolute Gasteiger partial charge is 0.487 e. The Hall–Kier alpha value is -3.62. The Bertz CT molecular complexity index is 1220. The molecule has 0 spiro atoms. The number of nitrogens with one attached hydrogen (secondary N) is 2. The first-order chi connectivity index (χ1) is 16.6. The number of thioether (sulfide) groups is 1. The van der Waals surface area contributed by atoms with E-state index in [1.807, 2.05) is 54.6 Å². The summed E-state index contributed by atoms with van der Waals surface area (Å²) in [5.41, 5.74) is 2.46. The highest BCUT2D eigenvalue weighted by Crippen LogP contribution is 2.26. The molecule has 4 rings (SSSR count). The van der Waals surface area contributed by atoms with Crippen LogP contribution in [0.25, 0.3) is 0 Å². The molecule has 2 N–H and O–H groups in total. The molecule has 0 aliphatic carbocycles. The van der Waals surface area contributed by atoms with Gasteiger partial charge in [-0.1, -0.05) is 71.9 Å². The van der Waals surface area contributed by atoms with Crippen LogP contribution in [0.15, 0.2) is 89.1 Å². The van der Waals surface area contributed by atoms with Crippen molar-refractivity contribution in [1.29, 1.82) is 0 Å². The zero-order chi connectivity index (χ0) is 23.8. The summed E-state index contributed by atoms with van der Waals surface area (Å²) in [5.74, 6) is 0.0576. The van der Waals surface area contributed by atoms with Gasteiger partial charge < -0.3 is 15.4 Å². The van der Waals surface area contributed by atoms with E-state index >= 15 is 0 Å². The van der Waals surface area contributed by atoms with Crippen molar-refractivity contribution >= 4 is 52.2 Å². The fourth-order valence-corrected chi connectivity index (χ4v) is 4.25. The third-order valence-electron chi connectivity index (χ3n) is 4.75. The first-order valence-electron chi connectivity index (χ1n) is 10.5. The fourth-order valence-electron chi connectivity index (χ4n) is 3.09. The van der Waals surface area contributed by atoms with Gasteiger partial charge in [-0.3, -0.25) is 9.59 Å². The summed E-state index contributed by atoms with van der Waals surface area (Å²) in [6, 6.07) is 24.2. The van der Waals surface area contributed by atoms with Crippen molar-refractivity contribution < 1.29 is 14.3 Å². The number of amidine groups is 1. The first kappa shape index (κ1) is 23.5. The van der Waals surface area contributed by atoms with Crippen LogP contribution in [0.5, 0.6) is 5.75 Å². The van der Waals surface area contributed by atoms with Crippen molar-refractivity contribution in [3.05, 3.63) is 95.0 Å². The molecular formula is C25H21ClN4O3S. The van der Waals surface area contributed by atoms with E-state index in [-0.39, 0.29) is 18.2 Å². The van der Waals surface area contributed by atoms with Crippen LogP contribution in [-0.4, -0.2) is 28.4 Å². The summed E-state index contributed by atoms with van der Waals surface area (Å²) in [6.45, 7) is 0.420. The maximum Gasteiger partial charge on any atom is 0.240 e. The molecule has 1 fully saturated rings. The Morgan fingerprint density at radius 1 is 1.09 bits per heavy atom. The number of carbonyl (C=O) groups is 2. The van der Waals surface area contributed by atoms with Crippen molar-refractivity contribution in [1.82, 2.24) is 5.32 Å². The van der Waals surface area contributed by atoms with Crippen molar-refractivity contribution in [2.75, 3.05) is 5.32 Å². The Morgan fingerprint density at radius 3 is 2.56 bits per heavy atom. The lowest BCUT2D eigenvalue weighted by Crippen LogP contribution is -2.28. The van der Waals surface area contributed by atoms with Crippen molar-refractivity contribution in [3.8, 4) is 5.75 Å². The van der Waals surface area contributed by atoms with E-state index in [1.165, 1.54) is 18.0 Å². The van der Waals surface area contributed by atoms with Gasteiger partial charge >= 0.3 is 0 Å². The molecule has 0 radical (unpaired) electrons. The minimum atomic E-state index is -0.562. The predicted molar refractivity (Wildman–Crippen MR) is 136 cm³/mol. The second-order valence-electron chi connectivity index (χ2n) is 7.33. The number of nitrogens with zero attached hydrogens (tertiary/aromatic N) is 2. The molecule has 7 nitrogen and oxygen atoms in total. The Balaban J connectivity index is 1.29. The van der Waals surface area contributed by atoms with Gasteiger partial charge in [0, 0.05) is 12.1 Å². The third-order valence-corrected chi connectivity index (χ3v) is 6.12. The Labute approximate surface area is 206 Å². The number of hydrogen-bond acceptors (Lipinski definition) is 6. The standard InChI is InChI=1S/C25H21ClN4O3S/c26-20-13-18(11-12-21(20)33-16-17-7-3-1-4-8-17)15-27-30-25-29-24(32)22(34-25)14-23(31)28-19-9-5-2-6-10-19/h1-13,15,22H,14,16H2,(H,28,31)(H,29,30,32)/b27-15-/t22-/m1/s1. The van der Waals surface area contributed by atoms with Crippen LogP contribution >= 0.6 is 23.4 Å². The van der Waals surface area contributed by atoms with Crippen LogP contribution in [0, 0.1) is 0 Å². The number of benzene rings is 3. The number of halogens is 1. The number of ether oxygens (including phenoxy) is 1. The van der Waals surface area contributed by atoms with Gasteiger partial charge in [-0.25, -0.2) is 0 Å². The second kappa shape index (κ2) is 11.5. The molecule has 0 unspecified atom stereocenters. The molecule has 1 atom stereocenters. The average molecular weight is 493 g/mol. The summed E-state index contributed by atoms with van der Waals surface area (Å²) in [7, 11) is 0.